The van der Waals surface area contributed by atoms with Crippen molar-refractivity contribution in [2.75, 3.05) is 7.11 Å². The van der Waals surface area contributed by atoms with Crippen LogP contribution in [0.25, 0.3) is 0 Å². The molecule has 0 unspecified atom stereocenters. The molecule has 0 spiro atoms. The molecule has 0 amide bonds. The molecule has 27 heavy (non-hydrogen) atoms. The van der Waals surface area contributed by atoms with Gasteiger partial charge in [-0.1, -0.05) is 42.5 Å². The second kappa shape index (κ2) is 9.97. The molecule has 3 aromatic rings. The standard InChI is InChI=1S/C22H21IN2O2/c1-26-22-8-3-2-6-19(22)15-25-24-14-18-5-4-7-21(13-18)27-16-17-9-11-20(23)12-10-17/h2-14,25H,15-16H2,1H3/b24-14+. The maximum absolute atomic E-state index is 5.88. The van der Waals surface area contributed by atoms with E-state index in [4.69, 9.17) is 9.47 Å². The summed E-state index contributed by atoms with van der Waals surface area (Å²) >= 11 is 2.30. The molecular formula is C22H21IN2O2. The molecule has 0 atom stereocenters. The Hall–Kier alpha value is -2.54. The Morgan fingerprint density at radius 1 is 1.00 bits per heavy atom. The maximum Gasteiger partial charge on any atom is 0.123 e. The Kier molecular flexibility index (Phi) is 7.10. The van der Waals surface area contributed by atoms with Crippen LogP contribution in [0.1, 0.15) is 16.7 Å². The van der Waals surface area contributed by atoms with E-state index in [9.17, 15) is 0 Å². The van der Waals surface area contributed by atoms with E-state index in [-0.39, 0.29) is 0 Å². The monoisotopic (exact) mass is 472 g/mol. The highest BCUT2D eigenvalue weighted by Crippen LogP contribution is 2.17. The van der Waals surface area contributed by atoms with Crippen LogP contribution in [-0.2, 0) is 13.2 Å². The van der Waals surface area contributed by atoms with E-state index in [1.165, 1.54) is 3.57 Å². The van der Waals surface area contributed by atoms with Crippen LogP contribution in [-0.4, -0.2) is 13.3 Å². The lowest BCUT2D eigenvalue weighted by atomic mass is 10.2. The number of para-hydroxylation sites is 1. The molecule has 0 aliphatic carbocycles. The first-order chi connectivity index (χ1) is 13.2. The molecule has 0 aliphatic heterocycles. The first kappa shape index (κ1) is 19.2. The van der Waals surface area contributed by atoms with Gasteiger partial charge in [0.05, 0.1) is 19.9 Å². The van der Waals surface area contributed by atoms with Crippen LogP contribution in [0, 0.1) is 3.57 Å². The molecule has 0 saturated heterocycles. The van der Waals surface area contributed by atoms with Crippen molar-refractivity contribution in [2.45, 2.75) is 13.2 Å². The third kappa shape index (κ3) is 5.99. The van der Waals surface area contributed by atoms with Gasteiger partial charge in [0.1, 0.15) is 18.1 Å². The van der Waals surface area contributed by atoms with Crippen LogP contribution in [0.5, 0.6) is 11.5 Å². The Morgan fingerprint density at radius 3 is 2.63 bits per heavy atom. The second-order valence-corrected chi connectivity index (χ2v) is 7.14. The third-order valence-electron chi connectivity index (χ3n) is 3.94. The number of rotatable bonds is 8. The zero-order valence-corrected chi connectivity index (χ0v) is 17.2. The summed E-state index contributed by atoms with van der Waals surface area (Å²) in [4.78, 5) is 0. The van der Waals surface area contributed by atoms with Gasteiger partial charge in [-0.05, 0) is 64.0 Å². The Balaban J connectivity index is 1.53. The molecule has 0 radical (unpaired) electrons. The number of benzene rings is 3. The average molecular weight is 472 g/mol. The van der Waals surface area contributed by atoms with Crippen LogP contribution < -0.4 is 14.9 Å². The molecule has 0 bridgehead atoms. The summed E-state index contributed by atoms with van der Waals surface area (Å²) in [6.07, 6.45) is 1.78. The van der Waals surface area contributed by atoms with Crippen molar-refractivity contribution in [3.05, 3.63) is 93.1 Å². The predicted octanol–water partition coefficient (Wildman–Crippen LogP) is 5.00. The van der Waals surface area contributed by atoms with Gasteiger partial charge >= 0.3 is 0 Å². The van der Waals surface area contributed by atoms with Crippen molar-refractivity contribution in [1.82, 2.24) is 5.43 Å². The Labute approximate surface area is 173 Å². The zero-order chi connectivity index (χ0) is 18.9. The molecule has 3 rings (SSSR count). The normalized spacial score (nSPS) is 10.7. The number of nitrogens with one attached hydrogen (secondary N) is 1. The molecular weight excluding hydrogens is 451 g/mol. The SMILES string of the molecule is COc1ccccc1CN/N=C/c1cccc(OCc2ccc(I)cc2)c1. The summed E-state index contributed by atoms with van der Waals surface area (Å²) in [7, 11) is 1.67. The van der Waals surface area contributed by atoms with Crippen molar-refractivity contribution in [1.29, 1.82) is 0 Å². The molecule has 0 heterocycles. The smallest absolute Gasteiger partial charge is 0.123 e. The van der Waals surface area contributed by atoms with Gasteiger partial charge in [-0.2, -0.15) is 5.10 Å². The fourth-order valence-electron chi connectivity index (χ4n) is 2.53. The van der Waals surface area contributed by atoms with Crippen LogP contribution in [0.3, 0.4) is 0 Å². The molecule has 4 nitrogen and oxygen atoms in total. The van der Waals surface area contributed by atoms with Gasteiger partial charge in [0.25, 0.3) is 0 Å². The quantitative estimate of drug-likeness (QED) is 0.285. The molecule has 1 N–H and O–H groups in total. The highest BCUT2D eigenvalue weighted by Gasteiger charge is 2.00. The van der Waals surface area contributed by atoms with Crippen LogP contribution in [0.2, 0.25) is 0 Å². The van der Waals surface area contributed by atoms with Gasteiger partial charge in [0.15, 0.2) is 0 Å². The minimum Gasteiger partial charge on any atom is -0.496 e. The Morgan fingerprint density at radius 2 is 1.81 bits per heavy atom. The fourth-order valence-corrected chi connectivity index (χ4v) is 2.89. The van der Waals surface area contributed by atoms with Gasteiger partial charge in [-0.25, -0.2) is 0 Å². The average Bonchev–Trinajstić information content (AvgIpc) is 2.71. The summed E-state index contributed by atoms with van der Waals surface area (Å²) in [6.45, 7) is 1.15. The first-order valence-corrected chi connectivity index (χ1v) is 9.67. The van der Waals surface area contributed by atoms with E-state index in [2.05, 4.69) is 57.4 Å². The highest BCUT2D eigenvalue weighted by molar-refractivity contribution is 14.1. The second-order valence-electron chi connectivity index (χ2n) is 5.89. The van der Waals surface area contributed by atoms with Crippen molar-refractivity contribution >= 4 is 28.8 Å². The summed E-state index contributed by atoms with van der Waals surface area (Å²) in [5.74, 6) is 1.67. The summed E-state index contributed by atoms with van der Waals surface area (Å²) in [5, 5.41) is 4.29. The van der Waals surface area contributed by atoms with E-state index >= 15 is 0 Å². The maximum atomic E-state index is 5.88. The fraction of sp³-hybridized carbons (Fsp3) is 0.136. The van der Waals surface area contributed by atoms with Crippen LogP contribution in [0.15, 0.2) is 77.9 Å². The lowest BCUT2D eigenvalue weighted by Crippen LogP contribution is -2.06. The van der Waals surface area contributed by atoms with Gasteiger partial charge in [0, 0.05) is 9.13 Å². The highest BCUT2D eigenvalue weighted by atomic mass is 127. The number of nitrogens with zero attached hydrogens (tertiary/aromatic N) is 1. The van der Waals surface area contributed by atoms with Crippen molar-refractivity contribution < 1.29 is 9.47 Å². The number of hydrogen-bond acceptors (Lipinski definition) is 4. The lowest BCUT2D eigenvalue weighted by molar-refractivity contribution is 0.306. The predicted molar refractivity (Wildman–Crippen MR) is 117 cm³/mol. The minimum absolute atomic E-state index is 0.545. The topological polar surface area (TPSA) is 42.8 Å². The van der Waals surface area contributed by atoms with Crippen molar-refractivity contribution in [3.63, 3.8) is 0 Å². The van der Waals surface area contributed by atoms with Crippen LogP contribution in [0.4, 0.5) is 0 Å². The lowest BCUT2D eigenvalue weighted by Gasteiger charge is -2.08. The van der Waals surface area contributed by atoms with E-state index in [0.29, 0.717) is 13.2 Å². The van der Waals surface area contributed by atoms with Gasteiger partial charge in [-0.15, -0.1) is 0 Å². The molecule has 3 aromatic carbocycles. The first-order valence-electron chi connectivity index (χ1n) is 8.60. The van der Waals surface area contributed by atoms with Crippen molar-refractivity contribution in [2.24, 2.45) is 5.10 Å². The number of hydrogen-bond donors (Lipinski definition) is 1. The molecule has 138 valence electrons. The molecule has 0 aliphatic rings. The molecule has 0 aromatic heterocycles. The Bertz CT molecular complexity index is 895. The summed E-state index contributed by atoms with van der Waals surface area (Å²) in [5.41, 5.74) is 6.24. The van der Waals surface area contributed by atoms with Gasteiger partial charge in [0.2, 0.25) is 0 Å². The van der Waals surface area contributed by atoms with E-state index in [0.717, 1.165) is 28.2 Å². The van der Waals surface area contributed by atoms with Gasteiger partial charge < -0.3 is 14.9 Å². The van der Waals surface area contributed by atoms with Crippen LogP contribution >= 0.6 is 22.6 Å². The largest absolute Gasteiger partial charge is 0.496 e. The molecule has 5 heteroatoms. The summed E-state index contributed by atoms with van der Waals surface area (Å²) < 4.78 is 12.4. The number of ether oxygens (including phenoxy) is 2. The number of hydrazone groups is 1. The minimum atomic E-state index is 0.545. The molecule has 0 fully saturated rings. The van der Waals surface area contributed by atoms with E-state index < -0.39 is 0 Å². The van der Waals surface area contributed by atoms with Gasteiger partial charge in [-0.3, -0.25) is 0 Å². The summed E-state index contributed by atoms with van der Waals surface area (Å²) in [6, 6.07) is 24.1. The van der Waals surface area contributed by atoms with Crippen molar-refractivity contribution in [3.8, 4) is 11.5 Å². The van der Waals surface area contributed by atoms with E-state index in [1.54, 1.807) is 13.3 Å². The third-order valence-corrected chi connectivity index (χ3v) is 4.66. The number of halogens is 1. The zero-order valence-electron chi connectivity index (χ0n) is 15.1. The van der Waals surface area contributed by atoms with E-state index in [1.807, 2.05) is 48.5 Å². The molecule has 0 saturated carbocycles. The number of methoxy groups -OCH3 is 1.